The van der Waals surface area contributed by atoms with Gasteiger partial charge in [-0.1, -0.05) is 18.2 Å². The average Bonchev–Trinajstić information content (AvgIpc) is 2.60. The van der Waals surface area contributed by atoms with Crippen LogP contribution in [0.5, 0.6) is 0 Å². The van der Waals surface area contributed by atoms with E-state index in [9.17, 15) is 14.4 Å². The third-order valence-electron chi connectivity index (χ3n) is 4.02. The summed E-state index contributed by atoms with van der Waals surface area (Å²) in [5.74, 6) is -0.458. The van der Waals surface area contributed by atoms with E-state index >= 15 is 0 Å². The van der Waals surface area contributed by atoms with E-state index in [0.717, 1.165) is 16.5 Å². The van der Waals surface area contributed by atoms with Crippen molar-refractivity contribution in [2.75, 3.05) is 10.6 Å². The quantitative estimate of drug-likeness (QED) is 0.760. The van der Waals surface area contributed by atoms with E-state index in [1.54, 1.807) is 24.3 Å². The lowest BCUT2D eigenvalue weighted by Crippen LogP contribution is -2.27. The fourth-order valence-corrected chi connectivity index (χ4v) is 2.85. The van der Waals surface area contributed by atoms with Crippen LogP contribution < -0.4 is 16.2 Å². The number of aromatic nitrogens is 1. The molecule has 6 heteroatoms. The molecule has 132 valence electrons. The largest absolute Gasteiger partial charge is 0.326 e. The van der Waals surface area contributed by atoms with Gasteiger partial charge in [0.15, 0.2) is 0 Å². The minimum Gasteiger partial charge on any atom is -0.326 e. The van der Waals surface area contributed by atoms with E-state index in [0.29, 0.717) is 11.4 Å². The molecule has 2 aromatic carbocycles. The van der Waals surface area contributed by atoms with Gasteiger partial charge in [-0.25, -0.2) is 0 Å². The second-order valence-corrected chi connectivity index (χ2v) is 6.08. The first-order chi connectivity index (χ1) is 12.4. The molecule has 0 atom stereocenters. The van der Waals surface area contributed by atoms with E-state index in [4.69, 9.17) is 0 Å². The van der Waals surface area contributed by atoms with Crippen LogP contribution in [0, 0.1) is 6.92 Å². The van der Waals surface area contributed by atoms with Gasteiger partial charge >= 0.3 is 0 Å². The first-order valence-corrected chi connectivity index (χ1v) is 8.21. The average molecular weight is 349 g/mol. The van der Waals surface area contributed by atoms with Crippen LogP contribution in [0.15, 0.2) is 59.4 Å². The number of hydrogen-bond acceptors (Lipinski definition) is 3. The maximum atomic E-state index is 12.4. The third-order valence-corrected chi connectivity index (χ3v) is 4.02. The van der Waals surface area contributed by atoms with Crippen LogP contribution >= 0.6 is 0 Å². The maximum absolute atomic E-state index is 12.4. The molecule has 0 aliphatic carbocycles. The lowest BCUT2D eigenvalue weighted by Gasteiger charge is -2.12. The van der Waals surface area contributed by atoms with Crippen molar-refractivity contribution in [2.45, 2.75) is 20.4 Å². The Morgan fingerprint density at radius 1 is 0.962 bits per heavy atom. The normalized spacial score (nSPS) is 10.5. The standard InChI is InChI=1S/C20H19N3O3/c1-13-11-20(26)23(18-6-4-3-5-17(13)18)12-19(25)22-16-9-7-15(8-10-16)21-14(2)24/h3-11H,12H2,1-2H3,(H,21,24)(H,22,25). The number of pyridine rings is 1. The van der Waals surface area contributed by atoms with Crippen LogP contribution in [0.1, 0.15) is 12.5 Å². The van der Waals surface area contributed by atoms with E-state index in [1.807, 2.05) is 31.2 Å². The SMILES string of the molecule is CC(=O)Nc1ccc(NC(=O)Cn2c(=O)cc(C)c3ccccc32)cc1. The monoisotopic (exact) mass is 349 g/mol. The van der Waals surface area contributed by atoms with Crippen LogP contribution in [-0.4, -0.2) is 16.4 Å². The summed E-state index contributed by atoms with van der Waals surface area (Å²) in [6.45, 7) is 3.23. The number of para-hydroxylation sites is 1. The number of amides is 2. The highest BCUT2D eigenvalue weighted by atomic mass is 16.2. The molecule has 3 aromatic rings. The summed E-state index contributed by atoms with van der Waals surface area (Å²) in [5.41, 5.74) is 2.65. The molecule has 1 heterocycles. The van der Waals surface area contributed by atoms with Gasteiger partial charge in [0.25, 0.3) is 5.56 Å². The van der Waals surface area contributed by atoms with Crippen molar-refractivity contribution < 1.29 is 9.59 Å². The summed E-state index contributed by atoms with van der Waals surface area (Å²) in [6.07, 6.45) is 0. The van der Waals surface area contributed by atoms with Crippen molar-refractivity contribution in [2.24, 2.45) is 0 Å². The molecule has 26 heavy (non-hydrogen) atoms. The Morgan fingerprint density at radius 2 is 1.58 bits per heavy atom. The van der Waals surface area contributed by atoms with Gasteiger partial charge in [0.2, 0.25) is 11.8 Å². The molecule has 0 aliphatic rings. The molecule has 0 saturated carbocycles. The molecule has 0 aliphatic heterocycles. The van der Waals surface area contributed by atoms with Crippen LogP contribution in [0.3, 0.4) is 0 Å². The molecule has 2 amide bonds. The van der Waals surface area contributed by atoms with Gasteiger partial charge in [0.05, 0.1) is 5.52 Å². The summed E-state index contributed by atoms with van der Waals surface area (Å²) in [7, 11) is 0. The van der Waals surface area contributed by atoms with Crippen LogP contribution in [0.2, 0.25) is 0 Å². The lowest BCUT2D eigenvalue weighted by atomic mass is 10.1. The number of carbonyl (C=O) groups is 2. The highest BCUT2D eigenvalue weighted by molar-refractivity contribution is 5.93. The van der Waals surface area contributed by atoms with E-state index in [1.165, 1.54) is 17.6 Å². The van der Waals surface area contributed by atoms with Crippen LogP contribution in [-0.2, 0) is 16.1 Å². The number of carbonyl (C=O) groups excluding carboxylic acids is 2. The number of hydrogen-bond donors (Lipinski definition) is 2. The fourth-order valence-electron chi connectivity index (χ4n) is 2.85. The highest BCUT2D eigenvalue weighted by Gasteiger charge is 2.10. The summed E-state index contributed by atoms with van der Waals surface area (Å²) in [4.78, 5) is 35.7. The molecule has 3 rings (SSSR count). The van der Waals surface area contributed by atoms with Crippen molar-refractivity contribution in [3.63, 3.8) is 0 Å². The molecule has 6 nitrogen and oxygen atoms in total. The van der Waals surface area contributed by atoms with Gasteiger partial charge in [-0.15, -0.1) is 0 Å². The zero-order valence-electron chi connectivity index (χ0n) is 14.6. The van der Waals surface area contributed by atoms with Crippen molar-refractivity contribution in [3.05, 3.63) is 70.5 Å². The number of nitrogens with one attached hydrogen (secondary N) is 2. The first kappa shape index (κ1) is 17.4. The smallest absolute Gasteiger partial charge is 0.251 e. The molecule has 0 unspecified atom stereocenters. The van der Waals surface area contributed by atoms with Gasteiger partial charge < -0.3 is 10.6 Å². The molecular formula is C20H19N3O3. The molecule has 0 saturated heterocycles. The number of fused-ring (bicyclic) bond motifs is 1. The fraction of sp³-hybridized carbons (Fsp3) is 0.150. The van der Waals surface area contributed by atoms with E-state index in [2.05, 4.69) is 10.6 Å². The molecule has 0 fully saturated rings. The molecule has 1 aromatic heterocycles. The lowest BCUT2D eigenvalue weighted by molar-refractivity contribution is -0.117. The van der Waals surface area contributed by atoms with Crippen molar-refractivity contribution in [1.82, 2.24) is 4.57 Å². The molecular weight excluding hydrogens is 330 g/mol. The van der Waals surface area contributed by atoms with Gasteiger partial charge in [0, 0.05) is 29.8 Å². The summed E-state index contributed by atoms with van der Waals surface area (Å²) in [6, 6.07) is 15.8. The van der Waals surface area contributed by atoms with Gasteiger partial charge in [-0.2, -0.15) is 0 Å². The predicted molar refractivity (Wildman–Crippen MR) is 102 cm³/mol. The first-order valence-electron chi connectivity index (χ1n) is 8.21. The molecule has 0 radical (unpaired) electrons. The van der Waals surface area contributed by atoms with Crippen LogP contribution in [0.4, 0.5) is 11.4 Å². The van der Waals surface area contributed by atoms with Crippen LogP contribution in [0.25, 0.3) is 10.9 Å². The van der Waals surface area contributed by atoms with Crippen molar-refractivity contribution in [1.29, 1.82) is 0 Å². The molecule has 0 spiro atoms. The Bertz CT molecular complexity index is 1040. The Balaban J connectivity index is 1.80. The Kier molecular flexibility index (Phi) is 4.84. The summed E-state index contributed by atoms with van der Waals surface area (Å²) >= 11 is 0. The molecule has 2 N–H and O–H groups in total. The minimum absolute atomic E-state index is 0.0763. The number of aryl methyl sites for hydroxylation is 1. The number of benzene rings is 2. The Labute approximate surface area is 150 Å². The van der Waals surface area contributed by atoms with Gasteiger partial charge in [-0.3, -0.25) is 19.0 Å². The number of nitrogens with zero attached hydrogens (tertiary/aromatic N) is 1. The third kappa shape index (κ3) is 3.80. The Morgan fingerprint density at radius 3 is 2.23 bits per heavy atom. The Hall–Kier alpha value is -3.41. The summed E-state index contributed by atoms with van der Waals surface area (Å²) in [5, 5.41) is 6.37. The zero-order valence-corrected chi connectivity index (χ0v) is 14.6. The van der Waals surface area contributed by atoms with Crippen molar-refractivity contribution in [3.8, 4) is 0 Å². The highest BCUT2D eigenvalue weighted by Crippen LogP contribution is 2.17. The zero-order chi connectivity index (χ0) is 18.7. The van der Waals surface area contributed by atoms with Gasteiger partial charge in [0.1, 0.15) is 6.54 Å². The predicted octanol–water partition coefficient (Wildman–Crippen LogP) is 2.91. The van der Waals surface area contributed by atoms with E-state index in [-0.39, 0.29) is 23.9 Å². The number of anilines is 2. The van der Waals surface area contributed by atoms with Crippen molar-refractivity contribution >= 4 is 34.1 Å². The summed E-state index contributed by atoms with van der Waals surface area (Å²) < 4.78 is 1.46. The minimum atomic E-state index is -0.298. The second-order valence-electron chi connectivity index (χ2n) is 6.08. The second kappa shape index (κ2) is 7.23. The maximum Gasteiger partial charge on any atom is 0.251 e. The topological polar surface area (TPSA) is 80.2 Å². The molecule has 0 bridgehead atoms. The van der Waals surface area contributed by atoms with Gasteiger partial charge in [-0.05, 0) is 42.8 Å². The number of rotatable bonds is 4. The van der Waals surface area contributed by atoms with E-state index < -0.39 is 0 Å².